The minimum atomic E-state index is 0.343. The average Bonchev–Trinajstić information content (AvgIpc) is 2.68. The average molecular weight is 357 g/mol. The summed E-state index contributed by atoms with van der Waals surface area (Å²) in [5, 5.41) is 0. The molecule has 0 amide bonds. The number of pyridine rings is 3. The topological polar surface area (TPSA) is 155 Å². The van der Waals surface area contributed by atoms with Gasteiger partial charge in [-0.1, -0.05) is 0 Å². The van der Waals surface area contributed by atoms with Crippen molar-refractivity contribution in [2.75, 3.05) is 17.2 Å². The first kappa shape index (κ1) is 16.3. The van der Waals surface area contributed by atoms with Crippen LogP contribution in [-0.2, 0) is 0 Å². The minimum absolute atomic E-state index is 0.343. The third-order valence-electron chi connectivity index (χ3n) is 3.67. The lowest BCUT2D eigenvalue weighted by molar-refractivity contribution is 1.03. The van der Waals surface area contributed by atoms with Gasteiger partial charge in [0.15, 0.2) is 17.5 Å². The third-order valence-corrected chi connectivity index (χ3v) is 3.67. The Bertz CT molecular complexity index is 973. The van der Waals surface area contributed by atoms with Crippen molar-refractivity contribution in [3.63, 3.8) is 0 Å². The molecule has 0 aromatic carbocycles. The predicted octanol–water partition coefficient (Wildman–Crippen LogP) is 1.80. The molecule has 0 aliphatic heterocycles. The van der Waals surface area contributed by atoms with Gasteiger partial charge in [0.05, 0.1) is 0 Å². The molecule has 0 aliphatic carbocycles. The molecule has 9 nitrogen and oxygen atoms in total. The molecule has 0 atom stereocenters. The fraction of sp³-hybridized carbons (Fsp3) is 0. The second-order valence-electron chi connectivity index (χ2n) is 5.73. The maximum absolute atomic E-state index is 5.87. The number of nitrogens with zero attached hydrogens (tertiary/aromatic N) is 6. The summed E-state index contributed by atoms with van der Waals surface area (Å²) in [4.78, 5) is 26.3. The summed E-state index contributed by atoms with van der Waals surface area (Å²) in [6.45, 7) is 0. The van der Waals surface area contributed by atoms with E-state index < -0.39 is 0 Å². The smallest absolute Gasteiger partial charge is 0.182 e. The Labute approximate surface area is 154 Å². The van der Waals surface area contributed by atoms with E-state index in [-0.39, 0.29) is 0 Å². The lowest BCUT2D eigenvalue weighted by atomic mass is 10.2. The van der Waals surface area contributed by atoms with Gasteiger partial charge in [-0.25, -0.2) is 15.0 Å². The zero-order valence-corrected chi connectivity index (χ0v) is 14.1. The molecular formula is C18H15N9. The van der Waals surface area contributed by atoms with Gasteiger partial charge in [0.2, 0.25) is 0 Å². The molecule has 27 heavy (non-hydrogen) atoms. The minimum Gasteiger partial charge on any atom is -0.399 e. The van der Waals surface area contributed by atoms with Crippen LogP contribution in [-0.4, -0.2) is 29.9 Å². The van der Waals surface area contributed by atoms with Crippen LogP contribution in [0.2, 0.25) is 0 Å². The molecule has 0 radical (unpaired) electrons. The molecule has 4 aromatic rings. The van der Waals surface area contributed by atoms with Crippen molar-refractivity contribution in [1.29, 1.82) is 0 Å². The van der Waals surface area contributed by atoms with Crippen LogP contribution < -0.4 is 17.2 Å². The van der Waals surface area contributed by atoms with Crippen molar-refractivity contribution >= 4 is 17.1 Å². The van der Waals surface area contributed by atoms with E-state index in [4.69, 9.17) is 17.2 Å². The van der Waals surface area contributed by atoms with Crippen molar-refractivity contribution in [2.24, 2.45) is 0 Å². The summed E-state index contributed by atoms with van der Waals surface area (Å²) in [6.07, 6.45) is 4.77. The fourth-order valence-corrected chi connectivity index (χ4v) is 2.43. The standard InChI is InChI=1S/C18H15N9/c19-10-1-4-22-13(7-10)16-25-17(14-8-11(20)2-5-23-14)27-18(26-16)15-9-12(21)3-6-24-15/h1-9H,(H2,19,22)(H2,20,23)(H2,21,24). The Hall–Kier alpha value is -4.14. The van der Waals surface area contributed by atoms with Crippen LogP contribution in [0.15, 0.2) is 55.0 Å². The lowest BCUT2D eigenvalue weighted by Crippen LogP contribution is -2.03. The van der Waals surface area contributed by atoms with E-state index in [0.717, 1.165) is 0 Å². The van der Waals surface area contributed by atoms with Crippen molar-refractivity contribution < 1.29 is 0 Å². The molecular weight excluding hydrogens is 342 g/mol. The summed E-state index contributed by atoms with van der Waals surface area (Å²) in [5.74, 6) is 1.03. The van der Waals surface area contributed by atoms with Gasteiger partial charge in [-0.3, -0.25) is 15.0 Å². The Morgan fingerprint density at radius 1 is 0.481 bits per heavy atom. The van der Waals surface area contributed by atoms with Gasteiger partial charge in [0, 0.05) is 35.7 Å². The van der Waals surface area contributed by atoms with Gasteiger partial charge >= 0.3 is 0 Å². The van der Waals surface area contributed by atoms with Gasteiger partial charge in [-0.2, -0.15) is 0 Å². The molecule has 9 heteroatoms. The maximum Gasteiger partial charge on any atom is 0.182 e. The summed E-state index contributed by atoms with van der Waals surface area (Å²) in [6, 6.07) is 10.1. The second-order valence-corrected chi connectivity index (χ2v) is 5.73. The van der Waals surface area contributed by atoms with Crippen LogP contribution in [0.25, 0.3) is 34.6 Å². The highest BCUT2D eigenvalue weighted by molar-refractivity contribution is 5.65. The zero-order chi connectivity index (χ0) is 18.8. The molecule has 0 fully saturated rings. The molecule has 0 spiro atoms. The fourth-order valence-electron chi connectivity index (χ4n) is 2.43. The highest BCUT2D eigenvalue weighted by Crippen LogP contribution is 2.24. The molecule has 6 N–H and O–H groups in total. The van der Waals surface area contributed by atoms with Crippen molar-refractivity contribution in [1.82, 2.24) is 29.9 Å². The Balaban J connectivity index is 1.94. The van der Waals surface area contributed by atoms with Gasteiger partial charge in [-0.15, -0.1) is 0 Å². The molecule has 132 valence electrons. The summed E-state index contributed by atoms with van der Waals surface area (Å²) in [5.41, 5.74) is 20.8. The van der Waals surface area contributed by atoms with E-state index in [2.05, 4.69) is 29.9 Å². The number of aromatic nitrogens is 6. The Kier molecular flexibility index (Phi) is 4.01. The lowest BCUT2D eigenvalue weighted by Gasteiger charge is -2.08. The van der Waals surface area contributed by atoms with Crippen LogP contribution in [0.5, 0.6) is 0 Å². The number of nitrogens with two attached hydrogens (primary N) is 3. The molecule has 4 heterocycles. The first-order valence-electron chi connectivity index (χ1n) is 8.00. The summed E-state index contributed by atoms with van der Waals surface area (Å²) in [7, 11) is 0. The van der Waals surface area contributed by atoms with E-state index in [1.807, 2.05) is 0 Å². The van der Waals surface area contributed by atoms with Crippen LogP contribution in [0.4, 0.5) is 17.1 Å². The van der Waals surface area contributed by atoms with Gasteiger partial charge < -0.3 is 17.2 Å². The van der Waals surface area contributed by atoms with Crippen LogP contribution in [0, 0.1) is 0 Å². The highest BCUT2D eigenvalue weighted by Gasteiger charge is 2.15. The normalized spacial score (nSPS) is 10.7. The van der Waals surface area contributed by atoms with Gasteiger partial charge in [0.1, 0.15) is 17.1 Å². The number of hydrogen-bond acceptors (Lipinski definition) is 9. The van der Waals surface area contributed by atoms with E-state index in [1.54, 1.807) is 55.0 Å². The third kappa shape index (κ3) is 3.47. The summed E-state index contributed by atoms with van der Waals surface area (Å²) < 4.78 is 0. The van der Waals surface area contributed by atoms with Crippen LogP contribution in [0.3, 0.4) is 0 Å². The van der Waals surface area contributed by atoms with Gasteiger partial charge in [-0.05, 0) is 36.4 Å². The largest absolute Gasteiger partial charge is 0.399 e. The quantitative estimate of drug-likeness (QED) is 0.497. The molecule has 0 saturated carbocycles. The van der Waals surface area contributed by atoms with Crippen LogP contribution in [0.1, 0.15) is 0 Å². The van der Waals surface area contributed by atoms with E-state index >= 15 is 0 Å². The highest BCUT2D eigenvalue weighted by atomic mass is 15.1. The molecule has 0 saturated heterocycles. The Morgan fingerprint density at radius 3 is 1.04 bits per heavy atom. The number of nitrogen functional groups attached to an aromatic ring is 3. The molecule has 0 bridgehead atoms. The second kappa shape index (κ2) is 6.64. The van der Waals surface area contributed by atoms with E-state index in [9.17, 15) is 0 Å². The maximum atomic E-state index is 5.87. The number of rotatable bonds is 3. The SMILES string of the molecule is Nc1ccnc(-c2nc(-c3cc(N)ccn3)nc(-c3cc(N)ccn3)n2)c1. The zero-order valence-electron chi connectivity index (χ0n) is 14.1. The van der Waals surface area contributed by atoms with Crippen LogP contribution >= 0.6 is 0 Å². The summed E-state index contributed by atoms with van der Waals surface area (Å²) >= 11 is 0. The first-order valence-corrected chi connectivity index (χ1v) is 8.00. The molecule has 0 unspecified atom stereocenters. The predicted molar refractivity (Wildman–Crippen MR) is 103 cm³/mol. The Morgan fingerprint density at radius 2 is 0.778 bits per heavy atom. The van der Waals surface area contributed by atoms with E-state index in [1.165, 1.54) is 0 Å². The van der Waals surface area contributed by atoms with Crippen molar-refractivity contribution in [3.05, 3.63) is 55.0 Å². The van der Waals surface area contributed by atoms with Gasteiger partial charge in [0.25, 0.3) is 0 Å². The monoisotopic (exact) mass is 357 g/mol. The number of anilines is 3. The first-order chi connectivity index (χ1) is 13.1. The molecule has 4 rings (SSSR count). The van der Waals surface area contributed by atoms with E-state index in [0.29, 0.717) is 51.6 Å². The van der Waals surface area contributed by atoms with Crippen molar-refractivity contribution in [3.8, 4) is 34.6 Å². The van der Waals surface area contributed by atoms with Crippen molar-refractivity contribution in [2.45, 2.75) is 0 Å². The molecule has 4 aromatic heterocycles. The number of hydrogen-bond donors (Lipinski definition) is 3. The molecule has 0 aliphatic rings.